The Balaban J connectivity index is 1.02. The molecule has 0 aromatic heterocycles. The van der Waals surface area contributed by atoms with Crippen LogP contribution in [0.15, 0.2) is 230 Å². The minimum atomic E-state index is -0.608. The van der Waals surface area contributed by atoms with Crippen LogP contribution in [-0.2, 0) is 10.8 Å². The van der Waals surface area contributed by atoms with Crippen LogP contribution in [0.4, 0.5) is 11.4 Å². The van der Waals surface area contributed by atoms with E-state index in [-0.39, 0.29) is 12.0 Å². The van der Waals surface area contributed by atoms with E-state index in [0.717, 1.165) is 68.1 Å². The van der Waals surface area contributed by atoms with E-state index in [1.807, 2.05) is 0 Å². The average molecular weight is 846 g/mol. The monoisotopic (exact) mass is 845 g/mol. The predicted octanol–water partition coefficient (Wildman–Crippen LogP) is 14.8. The van der Waals surface area contributed by atoms with Crippen molar-refractivity contribution in [3.63, 3.8) is 0 Å². The molecule has 2 unspecified atom stereocenters. The van der Waals surface area contributed by atoms with Gasteiger partial charge in [0.1, 0.15) is 34.5 Å². The third-order valence-electron chi connectivity index (χ3n) is 15.2. The number of benzene rings is 9. The molecule has 0 bridgehead atoms. The summed E-state index contributed by atoms with van der Waals surface area (Å²) in [4.78, 5) is 2.62. The van der Waals surface area contributed by atoms with E-state index in [4.69, 9.17) is 14.2 Å². The van der Waals surface area contributed by atoms with Crippen LogP contribution < -0.4 is 19.1 Å². The molecule has 9 aromatic carbocycles. The number of anilines is 2. The third-order valence-corrected chi connectivity index (χ3v) is 15.2. The highest BCUT2D eigenvalue weighted by Crippen LogP contribution is 2.66. The van der Waals surface area contributed by atoms with Gasteiger partial charge in [-0.15, -0.1) is 0 Å². The highest BCUT2D eigenvalue weighted by molar-refractivity contribution is 5.98. The molecule has 0 fully saturated rings. The molecular weight excluding hydrogens is 807 g/mol. The zero-order valence-electron chi connectivity index (χ0n) is 35.7. The first-order valence-corrected chi connectivity index (χ1v) is 22.9. The second-order valence-electron chi connectivity index (χ2n) is 18.1. The second-order valence-corrected chi connectivity index (χ2v) is 18.1. The molecule has 3 heterocycles. The Morgan fingerprint density at radius 3 is 1.50 bits per heavy atom. The van der Waals surface area contributed by atoms with E-state index in [1.165, 1.54) is 50.1 Å². The van der Waals surface area contributed by atoms with Crippen LogP contribution in [0.1, 0.15) is 56.0 Å². The van der Waals surface area contributed by atoms with Crippen LogP contribution >= 0.6 is 0 Å². The second kappa shape index (κ2) is 13.1. The number of nitrogens with zero attached hydrogens (tertiary/aromatic N) is 1. The molecule has 310 valence electrons. The van der Waals surface area contributed by atoms with Crippen molar-refractivity contribution in [2.45, 2.75) is 22.8 Å². The number of rotatable bonds is 3. The molecule has 66 heavy (non-hydrogen) atoms. The van der Waals surface area contributed by atoms with Gasteiger partial charge in [0, 0.05) is 44.8 Å². The Labute approximate surface area is 382 Å². The van der Waals surface area contributed by atoms with Gasteiger partial charge < -0.3 is 19.1 Å². The van der Waals surface area contributed by atoms with Gasteiger partial charge in [0.05, 0.1) is 22.8 Å². The number of fused-ring (bicyclic) bond motifs is 21. The molecule has 2 spiro atoms. The first-order chi connectivity index (χ1) is 32.7. The maximum absolute atomic E-state index is 6.73. The summed E-state index contributed by atoms with van der Waals surface area (Å²) in [6, 6.07) is 75.1. The van der Waals surface area contributed by atoms with Crippen LogP contribution in [0.25, 0.3) is 22.3 Å². The van der Waals surface area contributed by atoms with Crippen molar-refractivity contribution in [3.05, 3.63) is 280 Å². The van der Waals surface area contributed by atoms with Gasteiger partial charge in [0.25, 0.3) is 0 Å². The summed E-state index contributed by atoms with van der Waals surface area (Å²) in [7, 11) is 0. The van der Waals surface area contributed by atoms with Gasteiger partial charge in [0.15, 0.2) is 0 Å². The van der Waals surface area contributed by atoms with E-state index in [0.29, 0.717) is 0 Å². The largest absolute Gasteiger partial charge is 0.461 e. The third kappa shape index (κ3) is 4.43. The van der Waals surface area contributed by atoms with Gasteiger partial charge in [-0.05, 0) is 93.6 Å². The van der Waals surface area contributed by atoms with E-state index >= 15 is 0 Å². The summed E-state index contributed by atoms with van der Waals surface area (Å²) < 4.78 is 20.1. The lowest BCUT2D eigenvalue weighted by atomic mass is 9.66. The predicted molar refractivity (Wildman–Crippen MR) is 261 cm³/mol. The Bertz CT molecular complexity index is 3540. The van der Waals surface area contributed by atoms with Crippen molar-refractivity contribution in [1.29, 1.82) is 0 Å². The van der Waals surface area contributed by atoms with Crippen LogP contribution in [0.3, 0.4) is 0 Å². The van der Waals surface area contributed by atoms with Crippen molar-refractivity contribution in [2.24, 2.45) is 0 Å². The number of hydrogen-bond donors (Lipinski definition) is 0. The van der Waals surface area contributed by atoms with Crippen molar-refractivity contribution < 1.29 is 14.2 Å². The highest BCUT2D eigenvalue weighted by Gasteiger charge is 2.54. The van der Waals surface area contributed by atoms with Gasteiger partial charge >= 0.3 is 0 Å². The standard InChI is InChI=1S/C62H39NO3/c1-4-20-43-39(17-1)42-37-38(35-36-45(42)61(43)46-22-6-11-30-54(46)65-55-31-12-7-23-47(55)61)63(52-28-16-34-58-60(52)41-19-3-10-29-53(41)64-58)51-27-15-26-50-59(51)40-18-2-5-21-44(40)62(50)48-24-8-13-32-56(48)66-57-33-14-9-25-49(57)62/h1-37,52,60H. The first kappa shape index (κ1) is 36.0. The van der Waals surface area contributed by atoms with Gasteiger partial charge in [-0.25, -0.2) is 0 Å². The summed E-state index contributed by atoms with van der Waals surface area (Å²) >= 11 is 0. The molecule has 3 aliphatic heterocycles. The van der Waals surface area contributed by atoms with Crippen molar-refractivity contribution in [2.75, 3.05) is 4.90 Å². The van der Waals surface area contributed by atoms with Gasteiger partial charge in [0.2, 0.25) is 0 Å². The maximum atomic E-state index is 6.73. The van der Waals surface area contributed by atoms with Crippen LogP contribution in [0.2, 0.25) is 0 Å². The SMILES string of the molecule is C1=CC(N(c2ccc3c(c2)-c2ccccc2C32c3ccccc3Oc3ccccc32)c2cccc3c2-c2ccccc2C32c3ccccc3Oc3ccccc32)C2C(=C1)Oc1ccccc12. The zero-order chi connectivity index (χ0) is 43.1. The van der Waals surface area contributed by atoms with E-state index in [9.17, 15) is 0 Å². The minimum absolute atomic E-state index is 0.0432. The Kier molecular flexibility index (Phi) is 7.17. The fraction of sp³-hybridized carbons (Fsp3) is 0.0645. The fourth-order valence-corrected chi connectivity index (χ4v) is 12.8. The first-order valence-electron chi connectivity index (χ1n) is 22.9. The summed E-state index contributed by atoms with van der Waals surface area (Å²) in [6.45, 7) is 0. The summed E-state index contributed by atoms with van der Waals surface area (Å²) in [5.41, 5.74) is 16.8. The van der Waals surface area contributed by atoms with Crippen molar-refractivity contribution in [3.8, 4) is 51.0 Å². The fourth-order valence-electron chi connectivity index (χ4n) is 12.8. The Morgan fingerprint density at radius 1 is 0.379 bits per heavy atom. The summed E-state index contributed by atoms with van der Waals surface area (Å²) in [5.74, 6) is 5.38. The molecule has 0 radical (unpaired) electrons. The molecule has 3 aliphatic carbocycles. The van der Waals surface area contributed by atoms with E-state index in [1.54, 1.807) is 0 Å². The van der Waals surface area contributed by atoms with Crippen LogP contribution in [-0.4, -0.2) is 6.04 Å². The lowest BCUT2D eigenvalue weighted by Gasteiger charge is -2.41. The molecule has 15 rings (SSSR count). The Hall–Kier alpha value is -8.34. The molecule has 6 aliphatic rings. The van der Waals surface area contributed by atoms with E-state index < -0.39 is 10.8 Å². The van der Waals surface area contributed by atoms with Crippen molar-refractivity contribution >= 4 is 11.4 Å². The molecule has 0 saturated carbocycles. The van der Waals surface area contributed by atoms with Gasteiger partial charge in [-0.1, -0.05) is 170 Å². The smallest absolute Gasteiger partial charge is 0.132 e. The molecule has 0 amide bonds. The summed E-state index contributed by atoms with van der Waals surface area (Å²) in [5, 5.41) is 0. The lowest BCUT2D eigenvalue weighted by molar-refractivity contribution is 0.415. The van der Waals surface area contributed by atoms with Gasteiger partial charge in [-0.3, -0.25) is 0 Å². The topological polar surface area (TPSA) is 30.9 Å². The number of allylic oxidation sites excluding steroid dienone is 2. The molecule has 9 aromatic rings. The summed E-state index contributed by atoms with van der Waals surface area (Å²) in [6.07, 6.45) is 6.71. The average Bonchev–Trinajstić information content (AvgIpc) is 4.00. The molecular formula is C62H39NO3. The Morgan fingerprint density at radius 2 is 0.864 bits per heavy atom. The number of ether oxygens (including phenoxy) is 3. The quantitative estimate of drug-likeness (QED) is 0.177. The molecule has 2 atom stereocenters. The van der Waals surface area contributed by atoms with Crippen LogP contribution in [0, 0.1) is 0 Å². The molecule has 0 saturated heterocycles. The normalized spacial score (nSPS) is 18.0. The minimum Gasteiger partial charge on any atom is -0.461 e. The van der Waals surface area contributed by atoms with E-state index in [2.05, 4.69) is 229 Å². The number of para-hydroxylation sites is 5. The molecule has 0 N–H and O–H groups in total. The molecule has 4 heteroatoms. The maximum Gasteiger partial charge on any atom is 0.132 e. The highest BCUT2D eigenvalue weighted by atomic mass is 16.5. The van der Waals surface area contributed by atoms with Crippen molar-refractivity contribution in [1.82, 2.24) is 0 Å². The molecule has 4 nitrogen and oxygen atoms in total. The number of hydrogen-bond acceptors (Lipinski definition) is 4. The zero-order valence-corrected chi connectivity index (χ0v) is 35.7. The lowest BCUT2D eigenvalue weighted by Crippen LogP contribution is -2.37. The van der Waals surface area contributed by atoms with Crippen LogP contribution in [0.5, 0.6) is 28.7 Å². The van der Waals surface area contributed by atoms with Gasteiger partial charge in [-0.2, -0.15) is 0 Å².